The van der Waals surface area contributed by atoms with Crippen molar-refractivity contribution in [3.05, 3.63) is 58.5 Å². The number of hydrogen-bond acceptors (Lipinski definition) is 3. The number of halogens is 1. The van der Waals surface area contributed by atoms with Gasteiger partial charge in [0.05, 0.1) is 10.6 Å². The summed E-state index contributed by atoms with van der Waals surface area (Å²) < 4.78 is 5.12. The van der Waals surface area contributed by atoms with E-state index in [1.165, 1.54) is 6.07 Å². The van der Waals surface area contributed by atoms with Crippen LogP contribution in [0.3, 0.4) is 0 Å². The minimum Gasteiger partial charge on any atom is -0.456 e. The first-order chi connectivity index (χ1) is 9.08. The van der Waals surface area contributed by atoms with Gasteiger partial charge in [0.25, 0.3) is 5.91 Å². The molecule has 98 valence electrons. The monoisotopic (exact) mass is 278 g/mol. The van der Waals surface area contributed by atoms with Crippen LogP contribution in [-0.2, 0) is 0 Å². The lowest BCUT2D eigenvalue weighted by atomic mass is 10.2. The van der Waals surface area contributed by atoms with Crippen LogP contribution in [0.2, 0.25) is 5.02 Å². The van der Waals surface area contributed by atoms with Crippen molar-refractivity contribution in [1.29, 1.82) is 0 Å². The first kappa shape index (κ1) is 13.2. The molecule has 5 nitrogen and oxygen atoms in total. The summed E-state index contributed by atoms with van der Waals surface area (Å²) in [4.78, 5) is 23.4. The Morgan fingerprint density at radius 2 is 1.74 bits per heavy atom. The number of benzene rings is 1. The molecule has 0 atom stereocenters. The Morgan fingerprint density at radius 1 is 1.05 bits per heavy atom. The fraction of sp³-hybridized carbons (Fsp3) is 0.0769. The van der Waals surface area contributed by atoms with Gasteiger partial charge in [-0.15, -0.1) is 0 Å². The van der Waals surface area contributed by atoms with Crippen LogP contribution in [0.15, 0.2) is 40.8 Å². The van der Waals surface area contributed by atoms with Gasteiger partial charge in [-0.25, -0.2) is 0 Å². The highest BCUT2D eigenvalue weighted by atomic mass is 35.5. The van der Waals surface area contributed by atoms with Gasteiger partial charge in [0, 0.05) is 0 Å². The molecule has 0 spiro atoms. The lowest BCUT2D eigenvalue weighted by molar-refractivity contribution is 0.0830. The van der Waals surface area contributed by atoms with Crippen molar-refractivity contribution in [2.75, 3.05) is 0 Å². The smallest absolute Gasteiger partial charge is 0.305 e. The molecule has 2 N–H and O–H groups in total. The SMILES string of the molecule is Cc1ccc(C(=O)NNC(=O)c2ccccc2Cl)o1. The third-order valence-corrected chi connectivity index (χ3v) is 2.70. The molecule has 6 heteroatoms. The van der Waals surface area contributed by atoms with E-state index in [1.54, 1.807) is 37.3 Å². The molecule has 2 rings (SSSR count). The van der Waals surface area contributed by atoms with Gasteiger partial charge in [-0.1, -0.05) is 23.7 Å². The number of amides is 2. The van der Waals surface area contributed by atoms with Gasteiger partial charge < -0.3 is 4.42 Å². The predicted molar refractivity (Wildman–Crippen MR) is 69.8 cm³/mol. The topological polar surface area (TPSA) is 71.3 Å². The second-order valence-electron chi connectivity index (χ2n) is 3.80. The fourth-order valence-electron chi connectivity index (χ4n) is 1.44. The van der Waals surface area contributed by atoms with E-state index in [4.69, 9.17) is 16.0 Å². The Labute approximate surface area is 114 Å². The molecule has 0 saturated carbocycles. The highest BCUT2D eigenvalue weighted by Gasteiger charge is 2.13. The summed E-state index contributed by atoms with van der Waals surface area (Å²) in [6, 6.07) is 9.72. The summed E-state index contributed by atoms with van der Waals surface area (Å²) in [5, 5.41) is 0.308. The Kier molecular flexibility index (Phi) is 3.87. The Hall–Kier alpha value is -2.27. The zero-order valence-corrected chi connectivity index (χ0v) is 10.8. The average Bonchev–Trinajstić information content (AvgIpc) is 2.83. The second-order valence-corrected chi connectivity index (χ2v) is 4.21. The van der Waals surface area contributed by atoms with Crippen LogP contribution in [-0.4, -0.2) is 11.8 Å². The third-order valence-electron chi connectivity index (χ3n) is 2.37. The van der Waals surface area contributed by atoms with Crippen molar-refractivity contribution >= 4 is 23.4 Å². The summed E-state index contributed by atoms with van der Waals surface area (Å²) in [6.07, 6.45) is 0. The first-order valence-electron chi connectivity index (χ1n) is 5.49. The van der Waals surface area contributed by atoms with Gasteiger partial charge in [0.2, 0.25) is 0 Å². The number of carbonyl (C=O) groups is 2. The van der Waals surface area contributed by atoms with E-state index in [0.29, 0.717) is 10.8 Å². The average molecular weight is 279 g/mol. The number of hydrazine groups is 1. The molecule has 0 unspecified atom stereocenters. The summed E-state index contributed by atoms with van der Waals surface area (Å²) in [5.74, 6) is -0.296. The van der Waals surface area contributed by atoms with E-state index in [9.17, 15) is 9.59 Å². The minimum absolute atomic E-state index is 0.122. The molecule has 0 aliphatic rings. The summed E-state index contributed by atoms with van der Waals surface area (Å²) in [5.41, 5.74) is 4.79. The van der Waals surface area contributed by atoms with Gasteiger partial charge >= 0.3 is 5.91 Å². The number of rotatable bonds is 2. The van der Waals surface area contributed by atoms with Crippen molar-refractivity contribution in [3.63, 3.8) is 0 Å². The second kappa shape index (κ2) is 5.58. The van der Waals surface area contributed by atoms with Crippen LogP contribution in [0.1, 0.15) is 26.7 Å². The first-order valence-corrected chi connectivity index (χ1v) is 5.87. The van der Waals surface area contributed by atoms with Crippen molar-refractivity contribution < 1.29 is 14.0 Å². The quantitative estimate of drug-likeness (QED) is 0.828. The van der Waals surface area contributed by atoms with Crippen LogP contribution in [0.5, 0.6) is 0 Å². The highest BCUT2D eigenvalue weighted by molar-refractivity contribution is 6.33. The summed E-state index contributed by atoms with van der Waals surface area (Å²) in [7, 11) is 0. The number of nitrogens with one attached hydrogen (secondary N) is 2. The minimum atomic E-state index is -0.534. The van der Waals surface area contributed by atoms with Crippen molar-refractivity contribution in [3.8, 4) is 0 Å². The molecule has 1 aromatic heterocycles. The third kappa shape index (κ3) is 3.14. The van der Waals surface area contributed by atoms with Gasteiger partial charge in [0.1, 0.15) is 5.76 Å². The van der Waals surface area contributed by atoms with E-state index in [-0.39, 0.29) is 11.3 Å². The zero-order chi connectivity index (χ0) is 13.8. The van der Waals surface area contributed by atoms with Gasteiger partial charge in [-0.3, -0.25) is 20.4 Å². The fourth-order valence-corrected chi connectivity index (χ4v) is 1.67. The molecule has 0 saturated heterocycles. The predicted octanol–water partition coefficient (Wildman–Crippen LogP) is 2.32. The van der Waals surface area contributed by atoms with Crippen LogP contribution >= 0.6 is 11.6 Å². The number of aryl methyl sites for hydroxylation is 1. The van der Waals surface area contributed by atoms with E-state index in [0.717, 1.165) is 0 Å². The van der Waals surface area contributed by atoms with E-state index in [2.05, 4.69) is 10.9 Å². The van der Waals surface area contributed by atoms with E-state index in [1.807, 2.05) is 0 Å². The van der Waals surface area contributed by atoms with Crippen molar-refractivity contribution in [2.24, 2.45) is 0 Å². The molecule has 0 aliphatic carbocycles. The lowest BCUT2D eigenvalue weighted by Crippen LogP contribution is -2.41. The van der Waals surface area contributed by atoms with Gasteiger partial charge in [-0.2, -0.15) is 0 Å². The van der Waals surface area contributed by atoms with E-state index >= 15 is 0 Å². The Bertz CT molecular complexity index is 622. The van der Waals surface area contributed by atoms with Crippen LogP contribution in [0.25, 0.3) is 0 Å². The molecule has 0 aliphatic heterocycles. The maximum atomic E-state index is 11.8. The highest BCUT2D eigenvalue weighted by Crippen LogP contribution is 2.14. The molecular formula is C13H11ClN2O3. The van der Waals surface area contributed by atoms with Crippen LogP contribution < -0.4 is 10.9 Å². The van der Waals surface area contributed by atoms with Crippen LogP contribution in [0.4, 0.5) is 0 Å². The Morgan fingerprint density at radius 3 is 2.37 bits per heavy atom. The van der Waals surface area contributed by atoms with Crippen molar-refractivity contribution in [1.82, 2.24) is 10.9 Å². The van der Waals surface area contributed by atoms with E-state index < -0.39 is 11.8 Å². The lowest BCUT2D eigenvalue weighted by Gasteiger charge is -2.06. The maximum Gasteiger partial charge on any atom is 0.305 e. The van der Waals surface area contributed by atoms with Gasteiger partial charge in [-0.05, 0) is 31.2 Å². The molecule has 0 radical (unpaired) electrons. The molecule has 1 heterocycles. The maximum absolute atomic E-state index is 11.8. The number of carbonyl (C=O) groups excluding carboxylic acids is 2. The number of hydrogen-bond donors (Lipinski definition) is 2. The van der Waals surface area contributed by atoms with Crippen molar-refractivity contribution in [2.45, 2.75) is 6.92 Å². The number of furan rings is 1. The normalized spacial score (nSPS) is 10.0. The molecule has 0 fully saturated rings. The molecule has 2 amide bonds. The summed E-state index contributed by atoms with van der Waals surface area (Å²) >= 11 is 5.86. The molecule has 0 bridgehead atoms. The largest absolute Gasteiger partial charge is 0.456 e. The van der Waals surface area contributed by atoms with Crippen LogP contribution in [0, 0.1) is 6.92 Å². The summed E-state index contributed by atoms with van der Waals surface area (Å²) in [6.45, 7) is 1.72. The molecule has 19 heavy (non-hydrogen) atoms. The standard InChI is InChI=1S/C13H11ClN2O3/c1-8-6-7-11(19-8)13(18)16-15-12(17)9-4-2-3-5-10(9)14/h2-7H,1H3,(H,15,17)(H,16,18). The zero-order valence-electron chi connectivity index (χ0n) is 10.1. The molecule has 1 aromatic carbocycles. The molecule has 2 aromatic rings. The molecular weight excluding hydrogens is 268 g/mol. The van der Waals surface area contributed by atoms with Gasteiger partial charge in [0.15, 0.2) is 5.76 Å². The Balaban J connectivity index is 1.98.